The largest absolute Gasteiger partial charge is 0.356 e. The molecule has 9 heteroatoms. The highest BCUT2D eigenvalue weighted by molar-refractivity contribution is 8.02. The highest BCUT2D eigenvalue weighted by Gasteiger charge is 2.18. The lowest BCUT2D eigenvalue weighted by Gasteiger charge is -2.11. The van der Waals surface area contributed by atoms with Crippen LogP contribution in [0.1, 0.15) is 12.5 Å². The van der Waals surface area contributed by atoms with E-state index in [1.807, 2.05) is 30.3 Å². The monoisotopic (exact) mass is 422 g/mol. The summed E-state index contributed by atoms with van der Waals surface area (Å²) in [6.45, 7) is 2.37. The molecule has 3 rings (SSSR count). The zero-order chi connectivity index (χ0) is 19.2. The van der Waals surface area contributed by atoms with Gasteiger partial charge in [0.15, 0.2) is 4.34 Å². The van der Waals surface area contributed by atoms with Crippen LogP contribution in [-0.2, 0) is 11.3 Å². The fraction of sp³-hybridized carbons (Fsp3) is 0.167. The van der Waals surface area contributed by atoms with Crippen LogP contribution in [0.25, 0.3) is 0 Å². The lowest BCUT2D eigenvalue weighted by Crippen LogP contribution is -2.22. The number of rotatable bonds is 7. The Kier molecular flexibility index (Phi) is 6.65. The van der Waals surface area contributed by atoms with Crippen LogP contribution in [-0.4, -0.2) is 21.4 Å². The maximum absolute atomic E-state index is 13.8. The van der Waals surface area contributed by atoms with E-state index in [0.717, 1.165) is 11.6 Å². The van der Waals surface area contributed by atoms with Gasteiger partial charge in [0.05, 0.1) is 10.9 Å². The summed E-state index contributed by atoms with van der Waals surface area (Å²) in [6.07, 6.45) is 0. The van der Waals surface area contributed by atoms with Crippen molar-refractivity contribution >= 4 is 51.4 Å². The Morgan fingerprint density at radius 3 is 2.78 bits per heavy atom. The number of nitrogens with one attached hydrogen (secondary N) is 2. The molecule has 0 radical (unpaired) electrons. The van der Waals surface area contributed by atoms with Crippen LogP contribution in [0.2, 0.25) is 5.02 Å². The molecule has 0 spiro atoms. The number of aromatic nitrogens is 2. The lowest BCUT2D eigenvalue weighted by molar-refractivity contribution is -0.115. The number of carbonyl (C=O) groups excluding carboxylic acids is 1. The van der Waals surface area contributed by atoms with Crippen molar-refractivity contribution in [3.63, 3.8) is 0 Å². The van der Waals surface area contributed by atoms with Crippen molar-refractivity contribution in [1.82, 2.24) is 10.2 Å². The Hall–Kier alpha value is -2.16. The first-order valence-corrected chi connectivity index (χ1v) is 10.1. The van der Waals surface area contributed by atoms with Gasteiger partial charge in [-0.3, -0.25) is 4.79 Å². The Morgan fingerprint density at radius 2 is 2.04 bits per heavy atom. The Labute approximate surface area is 169 Å². The fourth-order valence-electron chi connectivity index (χ4n) is 2.13. The summed E-state index contributed by atoms with van der Waals surface area (Å²) in [6, 6.07) is 14.1. The maximum atomic E-state index is 13.8. The smallest absolute Gasteiger partial charge is 0.237 e. The molecule has 1 atom stereocenters. The summed E-state index contributed by atoms with van der Waals surface area (Å²) >= 11 is 8.35. The highest BCUT2D eigenvalue weighted by Crippen LogP contribution is 2.30. The number of halogens is 2. The van der Waals surface area contributed by atoms with Crippen LogP contribution in [0, 0.1) is 5.82 Å². The summed E-state index contributed by atoms with van der Waals surface area (Å²) in [5.41, 5.74) is 1.24. The molecule has 0 saturated heterocycles. The molecule has 140 valence electrons. The number of hydrogen-bond acceptors (Lipinski definition) is 6. The molecule has 1 aromatic heterocycles. The molecular formula is C18H16ClFN4OS2. The highest BCUT2D eigenvalue weighted by atomic mass is 35.5. The van der Waals surface area contributed by atoms with E-state index in [1.165, 1.54) is 35.2 Å². The molecule has 0 aliphatic heterocycles. The molecular weight excluding hydrogens is 407 g/mol. The van der Waals surface area contributed by atoms with Gasteiger partial charge in [0.2, 0.25) is 11.0 Å². The van der Waals surface area contributed by atoms with E-state index in [9.17, 15) is 9.18 Å². The van der Waals surface area contributed by atoms with Crippen LogP contribution in [0.3, 0.4) is 0 Å². The van der Waals surface area contributed by atoms with Crippen molar-refractivity contribution in [3.05, 3.63) is 64.9 Å². The van der Waals surface area contributed by atoms with E-state index in [4.69, 9.17) is 11.6 Å². The number of anilines is 2. The van der Waals surface area contributed by atoms with Crippen molar-refractivity contribution in [2.75, 3.05) is 10.6 Å². The average Bonchev–Trinajstić information content (AvgIpc) is 3.10. The molecule has 3 aromatic rings. The number of carbonyl (C=O) groups is 1. The predicted octanol–water partition coefficient (Wildman–Crippen LogP) is 5.06. The fourth-order valence-corrected chi connectivity index (χ4v) is 4.18. The van der Waals surface area contributed by atoms with Gasteiger partial charge >= 0.3 is 0 Å². The Bertz CT molecular complexity index is 923. The lowest BCUT2D eigenvalue weighted by atomic mass is 10.2. The summed E-state index contributed by atoms with van der Waals surface area (Å²) in [4.78, 5) is 12.3. The van der Waals surface area contributed by atoms with E-state index in [0.29, 0.717) is 16.0 Å². The second-order valence-corrected chi connectivity index (χ2v) is 8.59. The van der Waals surface area contributed by atoms with Crippen molar-refractivity contribution in [2.45, 2.75) is 23.1 Å². The summed E-state index contributed by atoms with van der Waals surface area (Å²) in [7, 11) is 0. The molecule has 0 aliphatic carbocycles. The third-order valence-electron chi connectivity index (χ3n) is 3.53. The number of benzene rings is 2. The van der Waals surface area contributed by atoms with Crippen LogP contribution in [0.4, 0.5) is 15.2 Å². The van der Waals surface area contributed by atoms with Gasteiger partial charge in [-0.15, -0.1) is 10.2 Å². The molecule has 5 nitrogen and oxygen atoms in total. The second-order valence-electron chi connectivity index (χ2n) is 5.59. The third-order valence-corrected chi connectivity index (χ3v) is 5.83. The average molecular weight is 423 g/mol. The SMILES string of the molecule is CC(Sc1nnc(NCc2ccccc2)s1)C(=O)Nc1ccc(Cl)cc1F. The van der Waals surface area contributed by atoms with E-state index in [2.05, 4.69) is 20.8 Å². The first kappa shape index (κ1) is 19.6. The maximum Gasteiger partial charge on any atom is 0.237 e. The third kappa shape index (κ3) is 5.66. The van der Waals surface area contributed by atoms with E-state index >= 15 is 0 Å². The molecule has 2 N–H and O–H groups in total. The Balaban J connectivity index is 1.53. The molecule has 0 fully saturated rings. The van der Waals surface area contributed by atoms with E-state index < -0.39 is 11.1 Å². The van der Waals surface area contributed by atoms with Gasteiger partial charge in [-0.25, -0.2) is 4.39 Å². The standard InChI is InChI=1S/C18H16ClFN4OS2/c1-11(16(25)22-15-8-7-13(19)9-14(15)20)26-18-24-23-17(27-18)21-10-12-5-3-2-4-6-12/h2-9,11H,10H2,1H3,(H,21,23)(H,22,25). The molecule has 0 aliphatic rings. The summed E-state index contributed by atoms with van der Waals surface area (Å²) in [5.74, 6) is -0.897. The normalized spacial score (nSPS) is 11.8. The topological polar surface area (TPSA) is 66.9 Å². The van der Waals surface area contributed by atoms with E-state index in [-0.39, 0.29) is 16.6 Å². The number of hydrogen-bond donors (Lipinski definition) is 2. The molecule has 0 saturated carbocycles. The molecule has 1 heterocycles. The van der Waals surface area contributed by atoms with Crippen LogP contribution in [0.5, 0.6) is 0 Å². The number of amides is 1. The van der Waals surface area contributed by atoms with Crippen molar-refractivity contribution in [3.8, 4) is 0 Å². The quantitative estimate of drug-likeness (QED) is 0.521. The first-order chi connectivity index (χ1) is 13.0. The van der Waals surface area contributed by atoms with Crippen molar-refractivity contribution in [2.24, 2.45) is 0 Å². The Morgan fingerprint density at radius 1 is 1.26 bits per heavy atom. The predicted molar refractivity (Wildman–Crippen MR) is 109 cm³/mol. The molecule has 1 unspecified atom stereocenters. The number of nitrogens with zero attached hydrogens (tertiary/aromatic N) is 2. The van der Waals surface area contributed by atoms with Gasteiger partial charge < -0.3 is 10.6 Å². The zero-order valence-corrected chi connectivity index (χ0v) is 16.7. The van der Waals surface area contributed by atoms with Crippen LogP contribution < -0.4 is 10.6 Å². The second kappa shape index (κ2) is 9.16. The van der Waals surface area contributed by atoms with Crippen LogP contribution in [0.15, 0.2) is 52.9 Å². The molecule has 2 aromatic carbocycles. The minimum atomic E-state index is -0.573. The van der Waals surface area contributed by atoms with Gasteiger partial charge in [-0.1, -0.05) is 65.0 Å². The van der Waals surface area contributed by atoms with Gasteiger partial charge in [0, 0.05) is 11.6 Å². The van der Waals surface area contributed by atoms with Gasteiger partial charge in [-0.05, 0) is 30.7 Å². The van der Waals surface area contributed by atoms with Gasteiger partial charge in [0.25, 0.3) is 0 Å². The summed E-state index contributed by atoms with van der Waals surface area (Å²) in [5, 5.41) is 14.4. The van der Waals surface area contributed by atoms with Crippen LogP contribution >= 0.6 is 34.7 Å². The zero-order valence-electron chi connectivity index (χ0n) is 14.3. The molecule has 1 amide bonds. The summed E-state index contributed by atoms with van der Waals surface area (Å²) < 4.78 is 14.5. The minimum Gasteiger partial charge on any atom is -0.356 e. The van der Waals surface area contributed by atoms with E-state index in [1.54, 1.807) is 6.92 Å². The van der Waals surface area contributed by atoms with Gasteiger partial charge in [0.1, 0.15) is 5.82 Å². The minimum absolute atomic E-state index is 0.0966. The first-order valence-electron chi connectivity index (χ1n) is 8.05. The van der Waals surface area contributed by atoms with Crippen molar-refractivity contribution in [1.29, 1.82) is 0 Å². The van der Waals surface area contributed by atoms with Gasteiger partial charge in [-0.2, -0.15) is 0 Å². The van der Waals surface area contributed by atoms with Crippen molar-refractivity contribution < 1.29 is 9.18 Å². The molecule has 0 bridgehead atoms. The molecule has 27 heavy (non-hydrogen) atoms. The number of thioether (sulfide) groups is 1.